The molecule has 1 aliphatic rings. The van der Waals surface area contributed by atoms with Crippen LogP contribution in [-0.2, 0) is 17.6 Å². The van der Waals surface area contributed by atoms with Crippen molar-refractivity contribution < 1.29 is 14.0 Å². The Morgan fingerprint density at radius 3 is 2.75 bits per heavy atom. The van der Waals surface area contributed by atoms with E-state index in [0.29, 0.717) is 30.1 Å². The van der Waals surface area contributed by atoms with Crippen LogP contribution in [0.5, 0.6) is 0 Å². The molecule has 2 amide bonds. The Bertz CT molecular complexity index is 1020. The second kappa shape index (κ2) is 7.90. The van der Waals surface area contributed by atoms with Crippen LogP contribution in [-0.4, -0.2) is 23.3 Å². The normalized spacial score (nSPS) is 12.7. The van der Waals surface area contributed by atoms with Crippen LogP contribution in [0.25, 0.3) is 0 Å². The molecule has 0 saturated carbocycles. The first-order chi connectivity index (χ1) is 13.6. The van der Waals surface area contributed by atoms with E-state index in [1.165, 1.54) is 41.2 Å². The highest BCUT2D eigenvalue weighted by Gasteiger charge is 2.23. The fraction of sp³-hybridized carbons (Fsp3) is 0.190. The van der Waals surface area contributed by atoms with Gasteiger partial charge in [-0.15, -0.1) is 11.3 Å². The monoisotopic (exact) mass is 395 g/mol. The average molecular weight is 395 g/mol. The second-order valence-electron chi connectivity index (χ2n) is 6.53. The standard InChI is InChI=1S/C21H18FN3O2S/c22-16-7-5-15(6-8-16)20(27)24-21-23-17(13-28-21)9-10-19(26)25-12-11-14-3-1-2-4-18(14)25/h1-8,13H,9-12H2,(H,23,24,27). The summed E-state index contributed by atoms with van der Waals surface area (Å²) in [5, 5.41) is 5.00. The lowest BCUT2D eigenvalue weighted by Crippen LogP contribution is -2.29. The van der Waals surface area contributed by atoms with Crippen LogP contribution in [0, 0.1) is 5.82 Å². The van der Waals surface area contributed by atoms with Crippen molar-refractivity contribution >= 4 is 34.0 Å². The summed E-state index contributed by atoms with van der Waals surface area (Å²) in [6, 6.07) is 13.3. The number of rotatable bonds is 5. The first-order valence-corrected chi connectivity index (χ1v) is 9.88. The first kappa shape index (κ1) is 18.3. The molecule has 0 aliphatic carbocycles. The molecule has 0 saturated heterocycles. The summed E-state index contributed by atoms with van der Waals surface area (Å²) in [4.78, 5) is 31.0. The number of hydrogen-bond acceptors (Lipinski definition) is 4. The minimum Gasteiger partial charge on any atom is -0.312 e. The van der Waals surface area contributed by atoms with Crippen molar-refractivity contribution in [1.29, 1.82) is 0 Å². The summed E-state index contributed by atoms with van der Waals surface area (Å²) in [6.07, 6.45) is 1.77. The largest absolute Gasteiger partial charge is 0.312 e. The Kier molecular flexibility index (Phi) is 5.16. The predicted octanol–water partition coefficient (Wildman–Crippen LogP) is 4.06. The second-order valence-corrected chi connectivity index (χ2v) is 7.39. The molecule has 2 aromatic carbocycles. The predicted molar refractivity (Wildman–Crippen MR) is 107 cm³/mol. The van der Waals surface area contributed by atoms with Gasteiger partial charge in [-0.2, -0.15) is 0 Å². The summed E-state index contributed by atoms with van der Waals surface area (Å²) in [5.41, 5.74) is 3.33. The number of halogens is 1. The van der Waals surface area contributed by atoms with Crippen LogP contribution in [0.3, 0.4) is 0 Å². The number of amides is 2. The van der Waals surface area contributed by atoms with Crippen molar-refractivity contribution in [2.24, 2.45) is 0 Å². The zero-order chi connectivity index (χ0) is 19.5. The minimum absolute atomic E-state index is 0.0786. The van der Waals surface area contributed by atoms with Gasteiger partial charge in [0.2, 0.25) is 5.91 Å². The van der Waals surface area contributed by atoms with Crippen molar-refractivity contribution in [2.45, 2.75) is 19.3 Å². The molecule has 1 aliphatic heterocycles. The van der Waals surface area contributed by atoms with Gasteiger partial charge >= 0.3 is 0 Å². The van der Waals surface area contributed by atoms with E-state index >= 15 is 0 Å². The van der Waals surface area contributed by atoms with Crippen LogP contribution in [0.4, 0.5) is 15.2 Å². The molecule has 142 valence electrons. The molecule has 0 radical (unpaired) electrons. The maximum Gasteiger partial charge on any atom is 0.257 e. The average Bonchev–Trinajstić information content (AvgIpc) is 3.33. The molecule has 1 N–H and O–H groups in total. The number of benzene rings is 2. The van der Waals surface area contributed by atoms with Gasteiger partial charge in [0, 0.05) is 29.6 Å². The van der Waals surface area contributed by atoms with Gasteiger partial charge in [0.1, 0.15) is 5.82 Å². The molecular weight excluding hydrogens is 377 g/mol. The highest BCUT2D eigenvalue weighted by Crippen LogP contribution is 2.28. The number of fused-ring (bicyclic) bond motifs is 1. The van der Waals surface area contributed by atoms with Gasteiger partial charge < -0.3 is 4.90 Å². The van der Waals surface area contributed by atoms with E-state index in [-0.39, 0.29) is 11.8 Å². The van der Waals surface area contributed by atoms with Gasteiger partial charge in [-0.25, -0.2) is 9.37 Å². The van der Waals surface area contributed by atoms with Crippen LogP contribution in [0.2, 0.25) is 0 Å². The summed E-state index contributed by atoms with van der Waals surface area (Å²) < 4.78 is 13.0. The van der Waals surface area contributed by atoms with Crippen molar-refractivity contribution in [3.05, 3.63) is 76.5 Å². The third kappa shape index (κ3) is 3.94. The first-order valence-electron chi connectivity index (χ1n) is 9.00. The Morgan fingerprint density at radius 2 is 1.93 bits per heavy atom. The third-order valence-corrected chi connectivity index (χ3v) is 5.47. The highest BCUT2D eigenvalue weighted by atomic mass is 32.1. The Labute approximate surface area is 165 Å². The molecule has 4 rings (SSSR count). The highest BCUT2D eigenvalue weighted by molar-refractivity contribution is 7.14. The van der Waals surface area contributed by atoms with Gasteiger partial charge in [0.05, 0.1) is 5.69 Å². The fourth-order valence-corrected chi connectivity index (χ4v) is 3.96. The van der Waals surface area contributed by atoms with Gasteiger partial charge in [-0.3, -0.25) is 14.9 Å². The van der Waals surface area contributed by atoms with Crippen molar-refractivity contribution in [2.75, 3.05) is 16.8 Å². The van der Waals surface area contributed by atoms with E-state index in [1.807, 2.05) is 28.5 Å². The molecular formula is C21H18FN3O2S. The molecule has 5 nitrogen and oxygen atoms in total. The molecule has 0 fully saturated rings. The van der Waals surface area contributed by atoms with Crippen LogP contribution < -0.4 is 10.2 Å². The van der Waals surface area contributed by atoms with E-state index in [2.05, 4.69) is 16.4 Å². The quantitative estimate of drug-likeness (QED) is 0.709. The zero-order valence-electron chi connectivity index (χ0n) is 15.0. The van der Waals surface area contributed by atoms with E-state index in [0.717, 1.165) is 17.8 Å². The summed E-state index contributed by atoms with van der Waals surface area (Å²) in [7, 11) is 0. The SMILES string of the molecule is O=C(Nc1nc(CCC(=O)N2CCc3ccccc32)cs1)c1ccc(F)cc1. The lowest BCUT2D eigenvalue weighted by atomic mass is 10.2. The van der Waals surface area contributed by atoms with Gasteiger partial charge in [0.25, 0.3) is 5.91 Å². The van der Waals surface area contributed by atoms with E-state index in [9.17, 15) is 14.0 Å². The number of aryl methyl sites for hydroxylation is 1. The van der Waals surface area contributed by atoms with Crippen LogP contribution >= 0.6 is 11.3 Å². The Hall–Kier alpha value is -3.06. The number of thiazole rings is 1. The smallest absolute Gasteiger partial charge is 0.257 e. The van der Waals surface area contributed by atoms with Crippen LogP contribution in [0.15, 0.2) is 53.9 Å². The molecule has 28 heavy (non-hydrogen) atoms. The van der Waals surface area contributed by atoms with Gasteiger partial charge in [-0.05, 0) is 48.7 Å². The van der Waals surface area contributed by atoms with Crippen molar-refractivity contribution in [1.82, 2.24) is 4.98 Å². The number of aromatic nitrogens is 1. The van der Waals surface area contributed by atoms with Crippen molar-refractivity contribution in [3.63, 3.8) is 0 Å². The van der Waals surface area contributed by atoms with E-state index in [1.54, 1.807) is 0 Å². The summed E-state index contributed by atoms with van der Waals surface area (Å²) in [6.45, 7) is 0.716. The lowest BCUT2D eigenvalue weighted by molar-refractivity contribution is -0.118. The Morgan fingerprint density at radius 1 is 1.14 bits per heavy atom. The molecule has 0 unspecified atom stereocenters. The number of nitrogens with zero attached hydrogens (tertiary/aromatic N) is 2. The zero-order valence-corrected chi connectivity index (χ0v) is 15.8. The van der Waals surface area contributed by atoms with Crippen molar-refractivity contribution in [3.8, 4) is 0 Å². The number of carbonyl (C=O) groups excluding carboxylic acids is 2. The topological polar surface area (TPSA) is 62.3 Å². The van der Waals surface area contributed by atoms with Gasteiger partial charge in [0.15, 0.2) is 5.13 Å². The Balaban J connectivity index is 1.33. The van der Waals surface area contributed by atoms with Crippen LogP contribution in [0.1, 0.15) is 28.0 Å². The molecule has 0 atom stereocenters. The fourth-order valence-electron chi connectivity index (χ4n) is 3.22. The summed E-state index contributed by atoms with van der Waals surface area (Å²) >= 11 is 1.31. The van der Waals surface area contributed by atoms with Gasteiger partial charge in [-0.1, -0.05) is 18.2 Å². The maximum atomic E-state index is 13.0. The number of hydrogen-bond donors (Lipinski definition) is 1. The third-order valence-electron chi connectivity index (χ3n) is 4.66. The molecule has 0 bridgehead atoms. The number of carbonyl (C=O) groups is 2. The summed E-state index contributed by atoms with van der Waals surface area (Å²) in [5.74, 6) is -0.654. The van der Waals surface area contributed by atoms with E-state index in [4.69, 9.17) is 0 Å². The van der Waals surface area contributed by atoms with E-state index < -0.39 is 5.82 Å². The number of para-hydroxylation sites is 1. The maximum absolute atomic E-state index is 13.0. The molecule has 3 aromatic rings. The molecule has 1 aromatic heterocycles. The minimum atomic E-state index is -0.390. The molecule has 0 spiro atoms. The molecule has 2 heterocycles. The lowest BCUT2D eigenvalue weighted by Gasteiger charge is -2.16. The molecule has 7 heteroatoms. The number of anilines is 2. The number of nitrogens with one attached hydrogen (secondary N) is 1.